The molecule has 154 valence electrons. The number of fused-ring (bicyclic) bond motifs is 2. The van der Waals surface area contributed by atoms with Crippen LogP contribution < -0.4 is 0 Å². The van der Waals surface area contributed by atoms with E-state index in [1.807, 2.05) is 36.4 Å². The first-order valence-electron chi connectivity index (χ1n) is 10.3. The molecule has 0 spiro atoms. The maximum atomic E-state index is 13.4. The lowest BCUT2D eigenvalue weighted by Gasteiger charge is -2.44. The molecule has 2 aliphatic heterocycles. The molecule has 4 rings (SSSR count). The molecule has 2 aromatic rings. The summed E-state index contributed by atoms with van der Waals surface area (Å²) in [6.07, 6.45) is 2.47. The maximum absolute atomic E-state index is 13.4. The van der Waals surface area contributed by atoms with Crippen molar-refractivity contribution in [2.45, 2.75) is 49.2 Å². The summed E-state index contributed by atoms with van der Waals surface area (Å²) in [5.74, 6) is -0.611. The van der Waals surface area contributed by atoms with E-state index in [0.29, 0.717) is 17.2 Å². The van der Waals surface area contributed by atoms with Crippen LogP contribution in [-0.2, 0) is 19.9 Å². The average Bonchev–Trinajstić information content (AvgIpc) is 2.87. The van der Waals surface area contributed by atoms with E-state index >= 15 is 0 Å². The van der Waals surface area contributed by atoms with Gasteiger partial charge >= 0.3 is 5.97 Å². The third kappa shape index (κ3) is 3.37. The summed E-state index contributed by atoms with van der Waals surface area (Å²) in [7, 11) is 6.23. The predicted octanol–water partition coefficient (Wildman–Crippen LogP) is 2.86. The van der Waals surface area contributed by atoms with Gasteiger partial charge in [0.05, 0.1) is 20.1 Å². The molecule has 2 bridgehead atoms. The first-order valence-corrected chi connectivity index (χ1v) is 10.3. The van der Waals surface area contributed by atoms with Crippen LogP contribution in [0.25, 0.3) is 0 Å². The van der Waals surface area contributed by atoms with Crippen molar-refractivity contribution in [2.75, 3.05) is 21.2 Å². The first-order chi connectivity index (χ1) is 13.9. The lowest BCUT2D eigenvalue weighted by molar-refractivity contribution is -0.932. The molecule has 0 saturated carbocycles. The summed E-state index contributed by atoms with van der Waals surface area (Å²) in [5.41, 5.74) is -0.800. The second-order valence-electron chi connectivity index (χ2n) is 8.80. The van der Waals surface area contributed by atoms with E-state index in [9.17, 15) is 9.90 Å². The van der Waals surface area contributed by atoms with Gasteiger partial charge in [-0.25, -0.2) is 4.79 Å². The number of hydrogen-bond acceptors (Lipinski definition) is 4. The van der Waals surface area contributed by atoms with Gasteiger partial charge in [-0.2, -0.15) is 0 Å². The maximum Gasteiger partial charge on any atom is 0.347 e. The number of ether oxygens (including phenoxy) is 2. The minimum absolute atomic E-state index is 0.181. The number of piperidine rings is 1. The van der Waals surface area contributed by atoms with Gasteiger partial charge in [0.15, 0.2) is 0 Å². The number of aliphatic hydroxyl groups is 1. The summed E-state index contributed by atoms with van der Waals surface area (Å²) in [6.45, 7) is 0. The van der Waals surface area contributed by atoms with Gasteiger partial charge in [0.2, 0.25) is 5.60 Å². The molecule has 0 radical (unpaired) electrons. The van der Waals surface area contributed by atoms with Crippen LogP contribution in [-0.4, -0.2) is 61.1 Å². The van der Waals surface area contributed by atoms with Crippen molar-refractivity contribution >= 4 is 5.97 Å². The monoisotopic (exact) mass is 396 g/mol. The molecule has 2 aromatic carbocycles. The molecular weight excluding hydrogens is 366 g/mol. The Morgan fingerprint density at radius 1 is 0.966 bits per heavy atom. The molecular formula is C24H30NO4+. The van der Waals surface area contributed by atoms with Gasteiger partial charge in [0.1, 0.15) is 18.2 Å². The highest BCUT2D eigenvalue weighted by Crippen LogP contribution is 2.43. The number of esters is 1. The zero-order valence-corrected chi connectivity index (χ0v) is 17.3. The van der Waals surface area contributed by atoms with Gasteiger partial charge in [-0.3, -0.25) is 0 Å². The molecule has 2 fully saturated rings. The molecule has 29 heavy (non-hydrogen) atoms. The quantitative estimate of drug-likeness (QED) is 0.624. The van der Waals surface area contributed by atoms with Crippen molar-refractivity contribution < 1.29 is 23.9 Å². The average molecular weight is 397 g/mol. The zero-order chi connectivity index (χ0) is 20.6. The third-order valence-corrected chi connectivity index (χ3v) is 7.02. The largest absolute Gasteiger partial charge is 0.459 e. The highest BCUT2D eigenvalue weighted by Gasteiger charge is 2.56. The van der Waals surface area contributed by atoms with E-state index in [2.05, 4.69) is 14.1 Å². The Bertz CT molecular complexity index is 812. The summed E-state index contributed by atoms with van der Waals surface area (Å²) in [6, 6.07) is 18.7. The van der Waals surface area contributed by atoms with Crippen LogP contribution in [0.1, 0.15) is 30.4 Å². The fourth-order valence-electron chi connectivity index (χ4n) is 5.20. The number of rotatable bonds is 5. The van der Waals surface area contributed by atoms with Crippen molar-refractivity contribution in [3.8, 4) is 0 Å². The van der Waals surface area contributed by atoms with Crippen molar-refractivity contribution in [3.05, 3.63) is 71.8 Å². The van der Waals surface area contributed by atoms with Crippen LogP contribution in [0.2, 0.25) is 0 Å². The molecule has 0 aliphatic carbocycles. The summed E-state index contributed by atoms with van der Waals surface area (Å²) in [5, 5.41) is 11.6. The second kappa shape index (κ2) is 7.56. The number of likely N-dealkylation sites (N-methyl/N-ethyl adjacent to an activating group) is 1. The molecule has 0 amide bonds. The van der Waals surface area contributed by atoms with Crippen LogP contribution in [0.4, 0.5) is 0 Å². The van der Waals surface area contributed by atoms with Crippen molar-refractivity contribution in [1.82, 2.24) is 0 Å². The standard InChI is InChI=1S/C24H30NO4/c1-25(2)19-14-20(16-21(25)22(15-19)28-3)29-23(26)24(27,17-10-6-4-7-11-17)18-12-8-5-9-13-18/h4-13,19-22,27H,14-16H2,1-3H3/q+1/t19-,20-,21+,22?/m1/s1. The fourth-order valence-corrected chi connectivity index (χ4v) is 5.20. The first kappa shape index (κ1) is 20.1. The van der Waals surface area contributed by atoms with Crippen LogP contribution in [0.15, 0.2) is 60.7 Å². The van der Waals surface area contributed by atoms with Crippen LogP contribution in [0, 0.1) is 0 Å². The lowest BCUT2D eigenvalue weighted by atomic mass is 9.86. The summed E-state index contributed by atoms with van der Waals surface area (Å²) >= 11 is 0. The van der Waals surface area contributed by atoms with E-state index in [1.165, 1.54) is 0 Å². The minimum atomic E-state index is -1.83. The van der Waals surface area contributed by atoms with Crippen molar-refractivity contribution in [1.29, 1.82) is 0 Å². The molecule has 5 nitrogen and oxygen atoms in total. The van der Waals surface area contributed by atoms with E-state index < -0.39 is 11.6 Å². The number of nitrogens with zero attached hydrogens (tertiary/aromatic N) is 1. The normalized spacial score (nSPS) is 28.1. The smallest absolute Gasteiger partial charge is 0.347 e. The number of quaternary nitrogens is 1. The van der Waals surface area contributed by atoms with Gasteiger partial charge in [0, 0.05) is 26.4 Å². The Morgan fingerprint density at radius 2 is 1.52 bits per heavy atom. The summed E-state index contributed by atoms with van der Waals surface area (Å²) < 4.78 is 12.6. The molecule has 0 aromatic heterocycles. The van der Waals surface area contributed by atoms with E-state index in [4.69, 9.17) is 9.47 Å². The van der Waals surface area contributed by atoms with E-state index in [-0.39, 0.29) is 18.2 Å². The highest BCUT2D eigenvalue weighted by molar-refractivity contribution is 5.85. The Hall–Kier alpha value is -2.21. The third-order valence-electron chi connectivity index (χ3n) is 7.02. The Kier molecular flexibility index (Phi) is 5.23. The van der Waals surface area contributed by atoms with Crippen molar-refractivity contribution in [3.63, 3.8) is 0 Å². The molecule has 2 heterocycles. The lowest BCUT2D eigenvalue weighted by Crippen LogP contribution is -2.58. The molecule has 1 N–H and O–H groups in total. The van der Waals surface area contributed by atoms with Gasteiger partial charge < -0.3 is 19.1 Å². The zero-order valence-electron chi connectivity index (χ0n) is 17.3. The van der Waals surface area contributed by atoms with E-state index in [1.54, 1.807) is 31.4 Å². The fraction of sp³-hybridized carbons (Fsp3) is 0.458. The van der Waals surface area contributed by atoms with Gasteiger partial charge in [-0.15, -0.1) is 0 Å². The minimum Gasteiger partial charge on any atom is -0.459 e. The topological polar surface area (TPSA) is 55.8 Å². The molecule has 2 saturated heterocycles. The number of carbonyl (C=O) groups excluding carboxylic acids is 1. The molecule has 5 heteroatoms. The van der Waals surface area contributed by atoms with Gasteiger partial charge in [-0.05, 0) is 11.1 Å². The number of methoxy groups -OCH3 is 1. The Balaban J connectivity index is 1.61. The number of benzene rings is 2. The SMILES string of the molecule is COC1C[C@H]2C[C@@H](OC(=O)C(O)(c3ccccc3)c3ccccc3)C[C@@H]1[N+]2(C)C. The summed E-state index contributed by atoms with van der Waals surface area (Å²) in [4.78, 5) is 13.4. The van der Waals surface area contributed by atoms with Gasteiger partial charge in [0.25, 0.3) is 0 Å². The Morgan fingerprint density at radius 3 is 2.03 bits per heavy atom. The second-order valence-corrected chi connectivity index (χ2v) is 8.80. The molecule has 2 aliphatic rings. The highest BCUT2D eigenvalue weighted by atomic mass is 16.6. The van der Waals surface area contributed by atoms with Crippen molar-refractivity contribution in [2.24, 2.45) is 0 Å². The molecule has 4 atom stereocenters. The van der Waals surface area contributed by atoms with Gasteiger partial charge in [-0.1, -0.05) is 60.7 Å². The predicted molar refractivity (Wildman–Crippen MR) is 110 cm³/mol. The van der Waals surface area contributed by atoms with E-state index in [0.717, 1.165) is 23.7 Å². The Labute approximate surface area is 172 Å². The van der Waals surface area contributed by atoms with Crippen LogP contribution in [0.3, 0.4) is 0 Å². The molecule has 1 unspecified atom stereocenters. The number of carbonyl (C=O) groups is 1. The van der Waals surface area contributed by atoms with Crippen LogP contribution >= 0.6 is 0 Å². The number of hydrogen-bond donors (Lipinski definition) is 1. The van der Waals surface area contributed by atoms with Crippen LogP contribution in [0.5, 0.6) is 0 Å².